The van der Waals surface area contributed by atoms with Crippen LogP contribution in [0.2, 0.25) is 0 Å². The van der Waals surface area contributed by atoms with Gasteiger partial charge in [0.2, 0.25) is 5.95 Å². The molecule has 0 unspecified atom stereocenters. The Morgan fingerprint density at radius 3 is 2.66 bits per heavy atom. The summed E-state index contributed by atoms with van der Waals surface area (Å²) >= 11 is 3.43. The molecule has 4 heterocycles. The van der Waals surface area contributed by atoms with Gasteiger partial charge in [0.05, 0.1) is 19.6 Å². The van der Waals surface area contributed by atoms with Gasteiger partial charge >= 0.3 is 0 Å². The molecule has 0 radical (unpaired) electrons. The summed E-state index contributed by atoms with van der Waals surface area (Å²) in [5.41, 5.74) is 3.39. The highest BCUT2D eigenvalue weighted by Gasteiger charge is 2.47. The van der Waals surface area contributed by atoms with Gasteiger partial charge in [0.15, 0.2) is 0 Å². The lowest BCUT2D eigenvalue weighted by Gasteiger charge is -2.38. The third-order valence-corrected chi connectivity index (χ3v) is 6.36. The number of hydrogen-bond acceptors (Lipinski definition) is 5. The van der Waals surface area contributed by atoms with E-state index in [9.17, 15) is 13.6 Å². The Bertz CT molecular complexity index is 1170. The number of fused-ring (bicyclic) bond motifs is 1. The summed E-state index contributed by atoms with van der Waals surface area (Å²) in [4.78, 5) is 25.0. The Morgan fingerprint density at radius 2 is 1.94 bits per heavy atom. The fraction of sp³-hybridized carbons (Fsp3) is 0.318. The number of carbonyl (C=O) groups is 1. The molecule has 0 saturated carbocycles. The number of rotatable bonds is 4. The van der Waals surface area contributed by atoms with E-state index in [1.807, 2.05) is 41.0 Å². The molecule has 2 aromatic heterocycles. The third-order valence-electron chi connectivity index (χ3n) is 5.83. The van der Waals surface area contributed by atoms with Crippen LogP contribution in [-0.4, -0.2) is 50.9 Å². The molecule has 1 fully saturated rings. The van der Waals surface area contributed by atoms with E-state index in [4.69, 9.17) is 0 Å². The van der Waals surface area contributed by atoms with Crippen LogP contribution in [-0.2, 0) is 20.0 Å². The van der Waals surface area contributed by atoms with Crippen molar-refractivity contribution in [2.45, 2.75) is 18.9 Å². The van der Waals surface area contributed by atoms with Gasteiger partial charge in [-0.3, -0.25) is 4.79 Å². The van der Waals surface area contributed by atoms with E-state index in [2.05, 4.69) is 36.1 Å². The first kappa shape index (κ1) is 20.9. The lowest BCUT2D eigenvalue weighted by Crippen LogP contribution is -2.58. The number of nitrogens with one attached hydrogen (secondary N) is 1. The van der Waals surface area contributed by atoms with Gasteiger partial charge in [-0.1, -0.05) is 15.9 Å². The topological polar surface area (TPSA) is 66.3 Å². The van der Waals surface area contributed by atoms with Gasteiger partial charge in [-0.15, -0.1) is 0 Å². The number of likely N-dealkylation sites (tertiary alicyclic amines) is 1. The molecule has 5 rings (SSSR count). The van der Waals surface area contributed by atoms with Crippen LogP contribution in [0.15, 0.2) is 47.1 Å². The van der Waals surface area contributed by atoms with Crippen molar-refractivity contribution < 1.29 is 13.6 Å². The van der Waals surface area contributed by atoms with Crippen LogP contribution in [0.3, 0.4) is 0 Å². The van der Waals surface area contributed by atoms with Crippen LogP contribution in [0.1, 0.15) is 21.7 Å². The third kappa shape index (κ3) is 3.94. The fourth-order valence-electron chi connectivity index (χ4n) is 4.09. The predicted molar refractivity (Wildman–Crippen MR) is 120 cm³/mol. The Morgan fingerprint density at radius 1 is 1.19 bits per heavy atom. The number of benzene rings is 1. The zero-order valence-electron chi connectivity index (χ0n) is 17.4. The van der Waals surface area contributed by atoms with Crippen molar-refractivity contribution in [3.63, 3.8) is 0 Å². The Kier molecular flexibility index (Phi) is 5.11. The van der Waals surface area contributed by atoms with Gasteiger partial charge in [0.1, 0.15) is 11.5 Å². The molecule has 0 bridgehead atoms. The Hall–Kier alpha value is -3.01. The summed E-state index contributed by atoms with van der Waals surface area (Å²) in [6.07, 6.45) is 2.43. The average molecular weight is 503 g/mol. The van der Waals surface area contributed by atoms with Gasteiger partial charge < -0.3 is 19.7 Å². The lowest BCUT2D eigenvalue weighted by molar-refractivity contribution is -0.113. The molecule has 10 heteroatoms. The van der Waals surface area contributed by atoms with Crippen molar-refractivity contribution in [2.24, 2.45) is 7.05 Å². The van der Waals surface area contributed by atoms with Crippen LogP contribution in [0.4, 0.5) is 26.2 Å². The number of nitrogens with zero attached hydrogens (tertiary/aromatic N) is 5. The van der Waals surface area contributed by atoms with Gasteiger partial charge in [0.25, 0.3) is 11.8 Å². The van der Waals surface area contributed by atoms with Crippen molar-refractivity contribution in [3.8, 4) is 0 Å². The van der Waals surface area contributed by atoms with E-state index in [0.29, 0.717) is 30.5 Å². The standard InChI is InChI=1S/C22H21BrF2N6O/c1-29-17(20(32)31-12-22(24,25)13-31)10-14-7-9-30(11-18(14)29)21-26-8-6-19(28-21)27-16-4-2-15(23)3-5-16/h2-6,8,10H,7,9,11-13H2,1H3,(H,26,27,28). The first-order chi connectivity index (χ1) is 15.3. The van der Waals surface area contributed by atoms with E-state index in [1.54, 1.807) is 13.2 Å². The maximum Gasteiger partial charge on any atom is 0.282 e. The first-order valence-corrected chi connectivity index (χ1v) is 11.0. The number of hydrogen-bond donors (Lipinski definition) is 1. The number of carbonyl (C=O) groups excluding carboxylic acids is 1. The van der Waals surface area contributed by atoms with E-state index in [0.717, 1.165) is 27.8 Å². The summed E-state index contributed by atoms with van der Waals surface area (Å²) < 4.78 is 29.2. The van der Waals surface area contributed by atoms with E-state index >= 15 is 0 Å². The normalized spacial score (nSPS) is 17.0. The molecule has 32 heavy (non-hydrogen) atoms. The number of anilines is 3. The summed E-state index contributed by atoms with van der Waals surface area (Å²) in [5.74, 6) is -1.85. The number of halogens is 3. The molecular formula is C22H21BrF2N6O. The van der Waals surface area contributed by atoms with Crippen LogP contribution < -0.4 is 10.2 Å². The van der Waals surface area contributed by atoms with E-state index in [-0.39, 0.29) is 5.91 Å². The van der Waals surface area contributed by atoms with Gasteiger partial charge in [-0.2, -0.15) is 4.98 Å². The number of aromatic nitrogens is 3. The zero-order chi connectivity index (χ0) is 22.5. The van der Waals surface area contributed by atoms with Crippen molar-refractivity contribution in [1.82, 2.24) is 19.4 Å². The van der Waals surface area contributed by atoms with E-state index in [1.165, 1.54) is 4.90 Å². The second kappa shape index (κ2) is 7.84. The summed E-state index contributed by atoms with van der Waals surface area (Å²) in [6.45, 7) is 0.213. The molecule has 1 aromatic carbocycles. The molecule has 0 aliphatic carbocycles. The SMILES string of the molecule is Cn1c(C(=O)N2CC(F)(F)C2)cc2c1CN(c1nccc(Nc3ccc(Br)cc3)n1)CC2. The minimum Gasteiger partial charge on any atom is -0.342 e. The maximum absolute atomic E-state index is 13.2. The second-order valence-corrected chi connectivity index (χ2v) is 9.04. The molecule has 7 nitrogen and oxygen atoms in total. The molecule has 0 spiro atoms. The summed E-state index contributed by atoms with van der Waals surface area (Å²) in [6, 6.07) is 11.4. The maximum atomic E-state index is 13.2. The van der Waals surface area contributed by atoms with Crippen molar-refractivity contribution in [1.29, 1.82) is 0 Å². The van der Waals surface area contributed by atoms with Gasteiger partial charge in [-0.05, 0) is 48.4 Å². The molecule has 166 valence electrons. The quantitative estimate of drug-likeness (QED) is 0.584. The predicted octanol–water partition coefficient (Wildman–Crippen LogP) is 3.98. The zero-order valence-corrected chi connectivity index (χ0v) is 18.9. The van der Waals surface area contributed by atoms with Gasteiger partial charge in [-0.25, -0.2) is 13.8 Å². The molecule has 2 aliphatic rings. The second-order valence-electron chi connectivity index (χ2n) is 8.12. The fourth-order valence-corrected chi connectivity index (χ4v) is 4.35. The molecule has 1 saturated heterocycles. The molecule has 3 aromatic rings. The van der Waals surface area contributed by atoms with Gasteiger partial charge in [0, 0.05) is 35.6 Å². The average Bonchev–Trinajstić information content (AvgIpc) is 3.09. The number of amides is 1. The summed E-state index contributed by atoms with van der Waals surface area (Å²) in [7, 11) is 1.81. The van der Waals surface area contributed by atoms with Crippen LogP contribution in [0, 0.1) is 0 Å². The number of alkyl halides is 2. The van der Waals surface area contributed by atoms with Crippen molar-refractivity contribution in [2.75, 3.05) is 29.9 Å². The van der Waals surface area contributed by atoms with Crippen LogP contribution in [0.5, 0.6) is 0 Å². The highest BCUT2D eigenvalue weighted by Crippen LogP contribution is 2.31. The molecular weight excluding hydrogens is 482 g/mol. The molecule has 1 amide bonds. The Labute approximate surface area is 192 Å². The largest absolute Gasteiger partial charge is 0.342 e. The van der Waals surface area contributed by atoms with Crippen molar-refractivity contribution in [3.05, 3.63) is 64.0 Å². The van der Waals surface area contributed by atoms with Crippen molar-refractivity contribution >= 4 is 39.3 Å². The lowest BCUT2D eigenvalue weighted by atomic mass is 10.1. The molecule has 1 N–H and O–H groups in total. The smallest absolute Gasteiger partial charge is 0.282 e. The highest BCUT2D eigenvalue weighted by molar-refractivity contribution is 9.10. The molecule has 2 aliphatic heterocycles. The summed E-state index contributed by atoms with van der Waals surface area (Å²) in [5, 5.41) is 3.28. The monoisotopic (exact) mass is 502 g/mol. The highest BCUT2D eigenvalue weighted by atomic mass is 79.9. The first-order valence-electron chi connectivity index (χ1n) is 10.2. The van der Waals surface area contributed by atoms with E-state index < -0.39 is 19.0 Å². The van der Waals surface area contributed by atoms with Crippen LogP contribution in [0.25, 0.3) is 0 Å². The molecule has 0 atom stereocenters. The van der Waals surface area contributed by atoms with Crippen LogP contribution >= 0.6 is 15.9 Å². The Balaban J connectivity index is 1.33. The minimum absolute atomic E-state index is 0.351. The minimum atomic E-state index is -2.77.